The van der Waals surface area contributed by atoms with E-state index in [0.29, 0.717) is 5.69 Å². The van der Waals surface area contributed by atoms with Gasteiger partial charge in [-0.2, -0.15) is 0 Å². The first-order valence-corrected chi connectivity index (χ1v) is 9.34. The van der Waals surface area contributed by atoms with Crippen LogP contribution >= 0.6 is 0 Å². The third-order valence-corrected chi connectivity index (χ3v) is 5.04. The number of piperazine rings is 1. The zero-order valence-electron chi connectivity index (χ0n) is 15.6. The third kappa shape index (κ3) is 4.32. The molecule has 1 aromatic heterocycles. The van der Waals surface area contributed by atoms with E-state index in [0.717, 1.165) is 49.3 Å². The average molecular weight is 360 g/mol. The van der Waals surface area contributed by atoms with Crippen LogP contribution in [0, 0.1) is 0 Å². The van der Waals surface area contributed by atoms with Gasteiger partial charge in [0.05, 0.1) is 5.52 Å². The van der Waals surface area contributed by atoms with Gasteiger partial charge in [-0.3, -0.25) is 9.69 Å². The quantitative estimate of drug-likeness (QED) is 0.776. The van der Waals surface area contributed by atoms with E-state index in [1.165, 1.54) is 5.56 Å². The topological polar surface area (TPSA) is 48.5 Å². The number of likely N-dealkylation sites (N-methyl/N-ethyl adjacent to an activating group) is 1. The average Bonchev–Trinajstić information content (AvgIpc) is 2.71. The summed E-state index contributed by atoms with van der Waals surface area (Å²) < 4.78 is 0. The number of hydrogen-bond acceptors (Lipinski definition) is 4. The number of carbonyl (C=O) groups is 1. The minimum atomic E-state index is -0.187. The molecule has 0 aliphatic carbocycles. The molecule has 0 saturated carbocycles. The number of carbonyl (C=O) groups excluding carboxylic acids is 1. The van der Waals surface area contributed by atoms with Gasteiger partial charge in [0.25, 0.3) is 5.91 Å². The molecule has 2 heterocycles. The third-order valence-electron chi connectivity index (χ3n) is 5.04. The summed E-state index contributed by atoms with van der Waals surface area (Å²) in [5, 5.41) is 3.97. The summed E-state index contributed by atoms with van der Waals surface area (Å²) in [6, 6.07) is 19.6. The van der Waals surface area contributed by atoms with Crippen molar-refractivity contribution in [3.8, 4) is 0 Å². The SMILES string of the molecule is CN1CCN(Cc2ccc(NC(=O)c3ccc4ccccc4n3)cc2)CC1. The van der Waals surface area contributed by atoms with Gasteiger partial charge < -0.3 is 10.2 Å². The first kappa shape index (κ1) is 17.6. The van der Waals surface area contributed by atoms with Crippen LogP contribution < -0.4 is 5.32 Å². The molecule has 138 valence electrons. The van der Waals surface area contributed by atoms with E-state index in [1.54, 1.807) is 6.07 Å². The fourth-order valence-electron chi connectivity index (χ4n) is 3.35. The van der Waals surface area contributed by atoms with Crippen molar-refractivity contribution in [3.63, 3.8) is 0 Å². The number of nitrogens with one attached hydrogen (secondary N) is 1. The van der Waals surface area contributed by atoms with Crippen LogP contribution in [0.25, 0.3) is 10.9 Å². The minimum Gasteiger partial charge on any atom is -0.321 e. The zero-order chi connectivity index (χ0) is 18.6. The second kappa shape index (κ2) is 7.86. The predicted octanol–water partition coefficient (Wildman–Crippen LogP) is 3.23. The molecule has 1 amide bonds. The zero-order valence-corrected chi connectivity index (χ0v) is 15.6. The van der Waals surface area contributed by atoms with E-state index in [-0.39, 0.29) is 5.91 Å². The van der Waals surface area contributed by atoms with Gasteiger partial charge in [-0.15, -0.1) is 0 Å². The molecule has 1 saturated heterocycles. The van der Waals surface area contributed by atoms with Crippen LogP contribution in [0.1, 0.15) is 16.1 Å². The number of anilines is 1. The molecule has 0 radical (unpaired) electrons. The molecular weight excluding hydrogens is 336 g/mol. The lowest BCUT2D eigenvalue weighted by Crippen LogP contribution is -2.43. The van der Waals surface area contributed by atoms with E-state index in [9.17, 15) is 4.79 Å². The van der Waals surface area contributed by atoms with Crippen molar-refractivity contribution in [2.75, 3.05) is 38.5 Å². The fraction of sp³-hybridized carbons (Fsp3) is 0.273. The van der Waals surface area contributed by atoms with Crippen molar-refractivity contribution >= 4 is 22.5 Å². The first-order valence-electron chi connectivity index (χ1n) is 9.34. The maximum Gasteiger partial charge on any atom is 0.274 e. The number of para-hydroxylation sites is 1. The number of nitrogens with zero attached hydrogens (tertiary/aromatic N) is 3. The molecule has 0 atom stereocenters. The van der Waals surface area contributed by atoms with E-state index < -0.39 is 0 Å². The summed E-state index contributed by atoms with van der Waals surface area (Å²) in [6.07, 6.45) is 0. The molecule has 0 spiro atoms. The summed E-state index contributed by atoms with van der Waals surface area (Å²) in [5.41, 5.74) is 3.31. The fourth-order valence-corrected chi connectivity index (χ4v) is 3.35. The highest BCUT2D eigenvalue weighted by Crippen LogP contribution is 2.15. The Morgan fingerprint density at radius 1 is 0.963 bits per heavy atom. The number of aromatic nitrogens is 1. The summed E-state index contributed by atoms with van der Waals surface area (Å²) in [6.45, 7) is 5.39. The predicted molar refractivity (Wildman–Crippen MR) is 109 cm³/mol. The van der Waals surface area contributed by atoms with Crippen molar-refractivity contribution in [1.82, 2.24) is 14.8 Å². The second-order valence-corrected chi connectivity index (χ2v) is 7.12. The van der Waals surface area contributed by atoms with Crippen LogP contribution in [0.3, 0.4) is 0 Å². The number of amides is 1. The van der Waals surface area contributed by atoms with E-state index in [4.69, 9.17) is 0 Å². The van der Waals surface area contributed by atoms with Crippen LogP contribution in [0.4, 0.5) is 5.69 Å². The van der Waals surface area contributed by atoms with Gasteiger partial charge in [-0.1, -0.05) is 36.4 Å². The van der Waals surface area contributed by atoms with Crippen molar-refractivity contribution < 1.29 is 4.79 Å². The van der Waals surface area contributed by atoms with Crippen LogP contribution in [-0.2, 0) is 6.54 Å². The van der Waals surface area contributed by atoms with Crippen molar-refractivity contribution in [3.05, 3.63) is 71.9 Å². The number of hydrogen-bond donors (Lipinski definition) is 1. The molecule has 0 unspecified atom stereocenters. The smallest absolute Gasteiger partial charge is 0.274 e. The molecule has 3 aromatic rings. The van der Waals surface area contributed by atoms with Gasteiger partial charge >= 0.3 is 0 Å². The molecule has 1 fully saturated rings. The lowest BCUT2D eigenvalue weighted by atomic mass is 10.1. The Hall–Kier alpha value is -2.76. The molecule has 5 nitrogen and oxygen atoms in total. The summed E-state index contributed by atoms with van der Waals surface area (Å²) in [5.74, 6) is -0.187. The van der Waals surface area contributed by atoms with Gasteiger partial charge in [0.15, 0.2) is 0 Å². The van der Waals surface area contributed by atoms with Crippen LogP contribution in [-0.4, -0.2) is 53.9 Å². The number of fused-ring (bicyclic) bond motifs is 1. The van der Waals surface area contributed by atoms with Crippen LogP contribution in [0.15, 0.2) is 60.7 Å². The van der Waals surface area contributed by atoms with Gasteiger partial charge in [-0.05, 0) is 36.9 Å². The molecule has 0 bridgehead atoms. The monoisotopic (exact) mass is 360 g/mol. The molecular formula is C22H24N4O. The maximum absolute atomic E-state index is 12.5. The van der Waals surface area contributed by atoms with Crippen LogP contribution in [0.5, 0.6) is 0 Å². The number of benzene rings is 2. The second-order valence-electron chi connectivity index (χ2n) is 7.12. The number of rotatable bonds is 4. The Morgan fingerprint density at radius 2 is 1.70 bits per heavy atom. The Bertz CT molecular complexity index is 930. The molecule has 27 heavy (non-hydrogen) atoms. The Labute approximate surface area is 159 Å². The molecule has 5 heteroatoms. The molecule has 4 rings (SSSR count). The van der Waals surface area contributed by atoms with Crippen molar-refractivity contribution in [2.45, 2.75) is 6.54 Å². The van der Waals surface area contributed by atoms with Gasteiger partial charge in [0.2, 0.25) is 0 Å². The first-order chi connectivity index (χ1) is 13.2. The summed E-state index contributed by atoms with van der Waals surface area (Å²) >= 11 is 0. The standard InChI is InChI=1S/C22H24N4O/c1-25-12-14-26(15-13-25)16-17-6-9-19(10-7-17)23-22(27)21-11-8-18-4-2-3-5-20(18)24-21/h2-11H,12-16H2,1H3,(H,23,27). The molecule has 1 aliphatic rings. The van der Waals surface area contributed by atoms with Gasteiger partial charge in [-0.25, -0.2) is 4.98 Å². The molecule has 2 aromatic carbocycles. The highest BCUT2D eigenvalue weighted by Gasteiger charge is 2.14. The Balaban J connectivity index is 1.39. The molecule has 1 aliphatic heterocycles. The maximum atomic E-state index is 12.5. The highest BCUT2D eigenvalue weighted by molar-refractivity contribution is 6.04. The van der Waals surface area contributed by atoms with Crippen molar-refractivity contribution in [2.24, 2.45) is 0 Å². The Kier molecular flexibility index (Phi) is 5.14. The number of pyridine rings is 1. The van der Waals surface area contributed by atoms with Crippen LogP contribution in [0.2, 0.25) is 0 Å². The van der Waals surface area contributed by atoms with Crippen molar-refractivity contribution in [1.29, 1.82) is 0 Å². The lowest BCUT2D eigenvalue weighted by molar-refractivity contribution is 0.102. The van der Waals surface area contributed by atoms with E-state index in [1.807, 2.05) is 42.5 Å². The summed E-state index contributed by atoms with van der Waals surface area (Å²) in [4.78, 5) is 21.8. The van der Waals surface area contributed by atoms with Gasteiger partial charge in [0.1, 0.15) is 5.69 Å². The van der Waals surface area contributed by atoms with E-state index in [2.05, 4.69) is 39.3 Å². The normalized spacial score (nSPS) is 15.7. The molecule has 1 N–H and O–H groups in total. The van der Waals surface area contributed by atoms with Gasteiger partial charge in [0, 0.05) is 43.8 Å². The minimum absolute atomic E-state index is 0.187. The lowest BCUT2D eigenvalue weighted by Gasteiger charge is -2.32. The Morgan fingerprint density at radius 3 is 2.48 bits per heavy atom. The summed E-state index contributed by atoms with van der Waals surface area (Å²) in [7, 11) is 2.17. The largest absolute Gasteiger partial charge is 0.321 e. The highest BCUT2D eigenvalue weighted by atomic mass is 16.1. The van der Waals surface area contributed by atoms with E-state index >= 15 is 0 Å².